The van der Waals surface area contributed by atoms with Crippen LogP contribution in [0.15, 0.2) is 28.7 Å². The maximum Gasteiger partial charge on any atom is 0.407 e. The molecule has 0 spiro atoms. The Morgan fingerprint density at radius 1 is 1.40 bits per heavy atom. The SMILES string of the molecule is CCCCOC(=O)NC(CC(=O)O)c1ccccc1Br. The molecular formula is C14H18BrNO4. The van der Waals surface area contributed by atoms with Gasteiger partial charge < -0.3 is 15.2 Å². The first kappa shape index (κ1) is 16.5. The summed E-state index contributed by atoms with van der Waals surface area (Å²) < 4.78 is 5.75. The Bertz CT molecular complexity index is 464. The van der Waals surface area contributed by atoms with Crippen LogP contribution in [0.2, 0.25) is 0 Å². The second kappa shape index (κ2) is 8.58. The molecule has 1 rings (SSSR count). The molecule has 1 atom stereocenters. The number of alkyl carbamates (subject to hydrolysis) is 1. The summed E-state index contributed by atoms with van der Waals surface area (Å²) in [5.74, 6) is -0.986. The standard InChI is InChI=1S/C14H18BrNO4/c1-2-3-8-20-14(19)16-12(9-13(17)18)10-6-4-5-7-11(10)15/h4-7,12H,2-3,8-9H2,1H3,(H,16,19)(H,17,18). The van der Waals surface area contributed by atoms with Gasteiger partial charge in [0.25, 0.3) is 0 Å². The highest BCUT2D eigenvalue weighted by atomic mass is 79.9. The maximum atomic E-state index is 11.7. The molecule has 0 bridgehead atoms. The molecule has 1 amide bonds. The molecule has 1 unspecified atom stereocenters. The van der Waals surface area contributed by atoms with Crippen molar-refractivity contribution in [3.63, 3.8) is 0 Å². The van der Waals surface area contributed by atoms with Crippen LogP contribution in [0.1, 0.15) is 37.8 Å². The normalized spacial score (nSPS) is 11.7. The average molecular weight is 344 g/mol. The fourth-order valence-corrected chi connectivity index (χ4v) is 2.23. The van der Waals surface area contributed by atoms with E-state index in [1.165, 1.54) is 0 Å². The molecule has 0 saturated carbocycles. The van der Waals surface area contributed by atoms with E-state index < -0.39 is 18.1 Å². The van der Waals surface area contributed by atoms with Crippen LogP contribution in [0.5, 0.6) is 0 Å². The van der Waals surface area contributed by atoms with Crippen molar-refractivity contribution in [2.45, 2.75) is 32.2 Å². The zero-order chi connectivity index (χ0) is 15.0. The van der Waals surface area contributed by atoms with Crippen LogP contribution in [-0.2, 0) is 9.53 Å². The Morgan fingerprint density at radius 2 is 2.10 bits per heavy atom. The highest BCUT2D eigenvalue weighted by Crippen LogP contribution is 2.25. The molecule has 0 aliphatic heterocycles. The highest BCUT2D eigenvalue weighted by Gasteiger charge is 2.20. The van der Waals surface area contributed by atoms with Gasteiger partial charge in [-0.2, -0.15) is 0 Å². The van der Waals surface area contributed by atoms with Crippen molar-refractivity contribution in [3.05, 3.63) is 34.3 Å². The number of aliphatic carboxylic acids is 1. The van der Waals surface area contributed by atoms with Gasteiger partial charge in [0.05, 0.1) is 19.1 Å². The number of nitrogens with one attached hydrogen (secondary N) is 1. The van der Waals surface area contributed by atoms with E-state index in [9.17, 15) is 9.59 Å². The first-order chi connectivity index (χ1) is 9.54. The van der Waals surface area contributed by atoms with Crippen molar-refractivity contribution in [3.8, 4) is 0 Å². The molecule has 0 fully saturated rings. The summed E-state index contributed by atoms with van der Waals surface area (Å²) in [6.45, 7) is 2.33. The van der Waals surface area contributed by atoms with Crippen molar-refractivity contribution < 1.29 is 19.4 Å². The van der Waals surface area contributed by atoms with E-state index >= 15 is 0 Å². The van der Waals surface area contributed by atoms with Gasteiger partial charge in [0.1, 0.15) is 0 Å². The molecule has 2 N–H and O–H groups in total. The number of carbonyl (C=O) groups is 2. The number of carboxylic acid groups (broad SMARTS) is 1. The third-order valence-corrected chi connectivity index (χ3v) is 3.40. The molecule has 20 heavy (non-hydrogen) atoms. The van der Waals surface area contributed by atoms with Gasteiger partial charge in [0, 0.05) is 4.47 Å². The van der Waals surface area contributed by atoms with E-state index in [1.54, 1.807) is 18.2 Å². The van der Waals surface area contributed by atoms with Gasteiger partial charge in [0.2, 0.25) is 0 Å². The van der Waals surface area contributed by atoms with Crippen molar-refractivity contribution in [2.24, 2.45) is 0 Å². The number of hydrogen-bond acceptors (Lipinski definition) is 3. The van der Waals surface area contributed by atoms with Crippen LogP contribution in [-0.4, -0.2) is 23.8 Å². The summed E-state index contributed by atoms with van der Waals surface area (Å²) in [4.78, 5) is 22.6. The predicted octanol–water partition coefficient (Wildman–Crippen LogP) is 3.49. The van der Waals surface area contributed by atoms with Crippen LogP contribution >= 0.6 is 15.9 Å². The van der Waals surface area contributed by atoms with Gasteiger partial charge in [0.15, 0.2) is 0 Å². The van der Waals surface area contributed by atoms with Crippen molar-refractivity contribution in [1.29, 1.82) is 0 Å². The van der Waals surface area contributed by atoms with Gasteiger partial charge in [-0.3, -0.25) is 4.79 Å². The minimum absolute atomic E-state index is 0.203. The average Bonchev–Trinajstić information content (AvgIpc) is 2.38. The molecule has 0 aliphatic carbocycles. The fourth-order valence-electron chi connectivity index (χ4n) is 1.66. The topological polar surface area (TPSA) is 75.6 Å². The van der Waals surface area contributed by atoms with E-state index in [-0.39, 0.29) is 6.42 Å². The summed E-state index contributed by atoms with van der Waals surface area (Å²) in [5.41, 5.74) is 0.711. The van der Waals surface area contributed by atoms with Gasteiger partial charge in [-0.15, -0.1) is 0 Å². The summed E-state index contributed by atoms with van der Waals surface area (Å²) >= 11 is 3.36. The van der Waals surface area contributed by atoms with Gasteiger partial charge in [-0.1, -0.05) is 47.5 Å². The Kier molecular flexibility index (Phi) is 7.08. The van der Waals surface area contributed by atoms with Crippen molar-refractivity contribution >= 4 is 28.0 Å². The molecule has 0 heterocycles. The van der Waals surface area contributed by atoms with Gasteiger partial charge in [-0.25, -0.2) is 4.79 Å². The molecule has 0 radical (unpaired) electrons. The monoisotopic (exact) mass is 343 g/mol. The Hall–Kier alpha value is -1.56. The lowest BCUT2D eigenvalue weighted by Gasteiger charge is -2.18. The number of benzene rings is 1. The number of carboxylic acids is 1. The summed E-state index contributed by atoms with van der Waals surface area (Å²) in [6.07, 6.45) is 0.911. The number of rotatable bonds is 7. The van der Waals surface area contributed by atoms with Crippen LogP contribution in [0.3, 0.4) is 0 Å². The Labute approximate surface area is 126 Å². The van der Waals surface area contributed by atoms with E-state index in [4.69, 9.17) is 9.84 Å². The number of carbonyl (C=O) groups excluding carboxylic acids is 1. The van der Waals surface area contributed by atoms with Crippen LogP contribution in [0.25, 0.3) is 0 Å². The zero-order valence-electron chi connectivity index (χ0n) is 11.3. The Morgan fingerprint density at radius 3 is 2.70 bits per heavy atom. The number of amides is 1. The molecule has 1 aromatic carbocycles. The number of unbranched alkanes of at least 4 members (excludes halogenated alkanes) is 1. The number of halogens is 1. The lowest BCUT2D eigenvalue weighted by molar-refractivity contribution is -0.137. The van der Waals surface area contributed by atoms with Gasteiger partial charge >= 0.3 is 12.1 Å². The number of hydrogen-bond donors (Lipinski definition) is 2. The van der Waals surface area contributed by atoms with Crippen LogP contribution in [0, 0.1) is 0 Å². The van der Waals surface area contributed by atoms with E-state index in [1.807, 2.05) is 13.0 Å². The van der Waals surface area contributed by atoms with Gasteiger partial charge in [-0.05, 0) is 18.1 Å². The summed E-state index contributed by atoms with van der Waals surface area (Å²) in [7, 11) is 0. The second-order valence-electron chi connectivity index (χ2n) is 4.31. The fraction of sp³-hybridized carbons (Fsp3) is 0.429. The predicted molar refractivity (Wildman–Crippen MR) is 78.5 cm³/mol. The van der Waals surface area contributed by atoms with Crippen LogP contribution < -0.4 is 5.32 Å². The van der Waals surface area contributed by atoms with E-state index in [0.717, 1.165) is 17.3 Å². The van der Waals surface area contributed by atoms with E-state index in [0.29, 0.717) is 12.2 Å². The molecule has 5 nitrogen and oxygen atoms in total. The second-order valence-corrected chi connectivity index (χ2v) is 5.16. The van der Waals surface area contributed by atoms with Crippen molar-refractivity contribution in [1.82, 2.24) is 5.32 Å². The smallest absolute Gasteiger partial charge is 0.407 e. The molecule has 0 saturated heterocycles. The first-order valence-electron chi connectivity index (χ1n) is 6.44. The third-order valence-electron chi connectivity index (χ3n) is 2.68. The molecule has 0 aromatic heterocycles. The van der Waals surface area contributed by atoms with Crippen molar-refractivity contribution in [2.75, 3.05) is 6.61 Å². The third kappa shape index (κ3) is 5.61. The Balaban J connectivity index is 2.72. The molecule has 110 valence electrons. The highest BCUT2D eigenvalue weighted by molar-refractivity contribution is 9.10. The lowest BCUT2D eigenvalue weighted by Crippen LogP contribution is -2.31. The molecular weight excluding hydrogens is 326 g/mol. The summed E-state index contributed by atoms with van der Waals surface area (Å²) in [6, 6.07) is 6.56. The minimum Gasteiger partial charge on any atom is -0.481 e. The number of ether oxygens (including phenoxy) is 1. The maximum absolute atomic E-state index is 11.7. The molecule has 1 aromatic rings. The molecule has 6 heteroatoms. The molecule has 0 aliphatic rings. The van der Waals surface area contributed by atoms with Crippen LogP contribution in [0.4, 0.5) is 4.79 Å². The lowest BCUT2D eigenvalue weighted by atomic mass is 10.0. The largest absolute Gasteiger partial charge is 0.481 e. The quantitative estimate of drug-likeness (QED) is 0.743. The zero-order valence-corrected chi connectivity index (χ0v) is 12.9. The minimum atomic E-state index is -0.986. The summed E-state index contributed by atoms with van der Waals surface area (Å²) in [5, 5.41) is 11.5. The first-order valence-corrected chi connectivity index (χ1v) is 7.23. The van der Waals surface area contributed by atoms with E-state index in [2.05, 4.69) is 21.2 Å².